The third-order valence-corrected chi connectivity index (χ3v) is 15.1. The van der Waals surface area contributed by atoms with Crippen molar-refractivity contribution in [2.75, 3.05) is 9.80 Å². The zero-order valence-electron chi connectivity index (χ0n) is 40.3. The van der Waals surface area contributed by atoms with Gasteiger partial charge < -0.3 is 14.4 Å². The number of hydrogen-bond donors (Lipinski definition) is 0. The monoisotopic (exact) mass is 927 g/mol. The molecule has 0 spiro atoms. The summed E-state index contributed by atoms with van der Waals surface area (Å²) in [5.41, 5.74) is 16.8. The topological polar surface area (TPSA) is 11.4 Å². The lowest BCUT2D eigenvalue weighted by Gasteiger charge is -2.42. The Hall–Kier alpha value is -8.02. The Morgan fingerprint density at radius 2 is 1.31 bits per heavy atom. The van der Waals surface area contributed by atoms with Gasteiger partial charge in [0.1, 0.15) is 11.6 Å². The van der Waals surface area contributed by atoms with E-state index in [1.165, 1.54) is 44.5 Å². The van der Waals surface area contributed by atoms with Crippen molar-refractivity contribution in [1.82, 2.24) is 4.57 Å². The molecule has 0 N–H and O–H groups in total. The number of fused-ring (bicyclic) bond motifs is 5. The predicted octanol–water partition coefficient (Wildman–Crippen LogP) is 17.3. The fourth-order valence-electron chi connectivity index (χ4n) is 11.4. The average Bonchev–Trinajstić information content (AvgIpc) is 3.86. The highest BCUT2D eigenvalue weighted by molar-refractivity contribution is 6.11. The van der Waals surface area contributed by atoms with Crippen molar-refractivity contribution in [2.24, 2.45) is 17.8 Å². The van der Waals surface area contributed by atoms with Crippen molar-refractivity contribution in [2.45, 2.75) is 45.6 Å². The fraction of sp³-hybridized carbons (Fsp3) is 0.152. The highest BCUT2D eigenvalue weighted by Gasteiger charge is 2.49. The lowest BCUT2D eigenvalue weighted by atomic mass is 9.77. The van der Waals surface area contributed by atoms with Gasteiger partial charge in [0.15, 0.2) is 0 Å². The lowest BCUT2D eigenvalue weighted by molar-refractivity contribution is 0.490. The Bertz CT molecular complexity index is 3550. The molecule has 0 radical (unpaired) electrons. The van der Waals surface area contributed by atoms with Gasteiger partial charge in [-0.1, -0.05) is 147 Å². The summed E-state index contributed by atoms with van der Waals surface area (Å²) in [5.74, 6) is 0.599. The quantitative estimate of drug-likeness (QED) is 0.127. The lowest BCUT2D eigenvalue weighted by Crippen LogP contribution is -2.46. The molecule has 0 fully saturated rings. The minimum atomic E-state index is -0.288. The number of halogens is 2. The van der Waals surface area contributed by atoms with Crippen molar-refractivity contribution >= 4 is 56.2 Å². The number of anilines is 3. The van der Waals surface area contributed by atoms with Crippen LogP contribution in [0.3, 0.4) is 0 Å². The highest BCUT2D eigenvalue weighted by Crippen LogP contribution is 2.53. The number of allylic oxidation sites excluding steroid dienone is 9. The molecule has 3 aliphatic carbocycles. The Morgan fingerprint density at radius 3 is 2.03 bits per heavy atom. The molecule has 1 aliphatic heterocycles. The second-order valence-corrected chi connectivity index (χ2v) is 20.0. The first kappa shape index (κ1) is 44.2. The van der Waals surface area contributed by atoms with Gasteiger partial charge in [-0.3, -0.25) is 0 Å². The minimum absolute atomic E-state index is 0.114. The normalized spacial score (nSPS) is 20.6. The molecule has 0 amide bonds. The van der Waals surface area contributed by atoms with E-state index < -0.39 is 0 Å². The van der Waals surface area contributed by atoms with Crippen LogP contribution in [-0.2, 0) is 6.42 Å². The van der Waals surface area contributed by atoms with Gasteiger partial charge in [-0.25, -0.2) is 8.78 Å². The summed E-state index contributed by atoms with van der Waals surface area (Å²) in [5, 5.41) is 2.43. The summed E-state index contributed by atoms with van der Waals surface area (Å²) in [6.07, 6.45) is 23.6. The second-order valence-electron chi connectivity index (χ2n) is 20.0. The molecular formula is C66H55F2N3. The van der Waals surface area contributed by atoms with E-state index >= 15 is 0 Å². The Morgan fingerprint density at radius 1 is 0.662 bits per heavy atom. The van der Waals surface area contributed by atoms with Crippen LogP contribution in [0.2, 0.25) is 0 Å². The summed E-state index contributed by atoms with van der Waals surface area (Å²) in [7, 11) is 0. The van der Waals surface area contributed by atoms with E-state index in [0.29, 0.717) is 18.3 Å². The third-order valence-electron chi connectivity index (χ3n) is 15.1. The standard InChI is InChI=1S/C66H55F2N3/c1-44-13-29-56(30-14-44)70-63-12-8-7-11-59(63)61-42-50(24-36-64(61)70)51(41-47-18-25-52(67)26-19-47)40-46-16-20-48(21-17-46)49-22-31-54(32-23-49)69(55-33-27-53(68)28-34-55)58-37-38-66(3)62(43-58)60-35-15-45(2)39-65(60)71(66)57-9-5-4-6-10-57/h4-13,15-38,40,42-45,62H,14,39,41H2,1-3H3/b51-40+. The van der Waals surface area contributed by atoms with Gasteiger partial charge >= 0.3 is 0 Å². The SMILES string of the molecule is CC1C=CC(n2c3ccccc3c3cc(/C(=C/c4ccc(-c5ccc(N(C6=CC7C8=C(CC(C)C=C8)N(c8ccccc8)C7(C)C=C6)c6ccc(F)cc6)cc5)cc4)Cc4ccc(F)cc4)ccc32)=CC1. The van der Waals surface area contributed by atoms with E-state index in [2.05, 4.69) is 211 Å². The number of para-hydroxylation sites is 2. The summed E-state index contributed by atoms with van der Waals surface area (Å²) in [4.78, 5) is 4.80. The predicted molar refractivity (Wildman–Crippen MR) is 293 cm³/mol. The van der Waals surface area contributed by atoms with Crippen molar-refractivity contribution in [1.29, 1.82) is 0 Å². The van der Waals surface area contributed by atoms with Crippen LogP contribution in [0, 0.1) is 29.4 Å². The third kappa shape index (κ3) is 8.19. The van der Waals surface area contributed by atoms with E-state index in [0.717, 1.165) is 63.3 Å². The Balaban J connectivity index is 0.868. The average molecular weight is 928 g/mol. The van der Waals surface area contributed by atoms with Crippen molar-refractivity contribution < 1.29 is 8.78 Å². The number of nitrogens with zero attached hydrogens (tertiary/aromatic N) is 3. The van der Waals surface area contributed by atoms with Crippen LogP contribution >= 0.6 is 0 Å². The van der Waals surface area contributed by atoms with Crippen molar-refractivity contribution in [3.8, 4) is 11.1 Å². The zero-order valence-corrected chi connectivity index (χ0v) is 40.3. The zero-order chi connectivity index (χ0) is 48.2. The van der Waals surface area contributed by atoms with E-state index in [-0.39, 0.29) is 23.1 Å². The van der Waals surface area contributed by atoms with Crippen LogP contribution in [-0.4, -0.2) is 10.1 Å². The molecule has 3 nitrogen and oxygen atoms in total. The minimum Gasteiger partial charge on any atom is -0.335 e. The number of rotatable bonds is 10. The Kier molecular flexibility index (Phi) is 11.2. The van der Waals surface area contributed by atoms with Crippen LogP contribution in [0.1, 0.15) is 50.3 Å². The molecule has 8 aromatic rings. The van der Waals surface area contributed by atoms with Gasteiger partial charge in [-0.15, -0.1) is 0 Å². The number of hydrogen-bond acceptors (Lipinski definition) is 2. The van der Waals surface area contributed by atoms with Gasteiger partial charge in [0.05, 0.1) is 16.6 Å². The maximum atomic E-state index is 14.5. The number of benzene rings is 7. The van der Waals surface area contributed by atoms with E-state index in [4.69, 9.17) is 0 Å². The van der Waals surface area contributed by atoms with Crippen molar-refractivity contribution in [3.63, 3.8) is 0 Å². The molecule has 4 aliphatic rings. The highest BCUT2D eigenvalue weighted by atomic mass is 19.1. The molecule has 1 aromatic heterocycles. The first-order chi connectivity index (χ1) is 34.7. The molecule has 0 bridgehead atoms. The molecule has 4 unspecified atom stereocenters. The van der Waals surface area contributed by atoms with Crippen LogP contribution in [0.4, 0.5) is 25.8 Å². The van der Waals surface area contributed by atoms with Gasteiger partial charge in [-0.05, 0) is 168 Å². The van der Waals surface area contributed by atoms with Crippen LogP contribution in [0.15, 0.2) is 235 Å². The maximum Gasteiger partial charge on any atom is 0.123 e. The number of aromatic nitrogens is 1. The first-order valence-electron chi connectivity index (χ1n) is 25.0. The van der Waals surface area contributed by atoms with Crippen LogP contribution in [0.5, 0.6) is 0 Å². The summed E-state index contributed by atoms with van der Waals surface area (Å²) >= 11 is 0. The molecule has 2 heterocycles. The fourth-order valence-corrected chi connectivity index (χ4v) is 11.4. The van der Waals surface area contributed by atoms with Gasteiger partial charge in [0, 0.05) is 50.8 Å². The summed E-state index contributed by atoms with van der Waals surface area (Å²) in [6, 6.07) is 57.4. The molecule has 12 rings (SSSR count). The van der Waals surface area contributed by atoms with E-state index in [1.807, 2.05) is 24.3 Å². The van der Waals surface area contributed by atoms with Crippen LogP contribution in [0.25, 0.3) is 50.3 Å². The molecule has 4 atom stereocenters. The molecule has 7 aromatic carbocycles. The van der Waals surface area contributed by atoms with Crippen LogP contribution < -0.4 is 9.80 Å². The maximum absolute atomic E-state index is 14.5. The molecular weight excluding hydrogens is 873 g/mol. The van der Waals surface area contributed by atoms with Gasteiger partial charge in [0.2, 0.25) is 0 Å². The molecule has 348 valence electrons. The summed E-state index contributed by atoms with van der Waals surface area (Å²) < 4.78 is 31.0. The van der Waals surface area contributed by atoms with E-state index in [1.54, 1.807) is 24.3 Å². The molecule has 71 heavy (non-hydrogen) atoms. The first-order valence-corrected chi connectivity index (χ1v) is 25.0. The van der Waals surface area contributed by atoms with E-state index in [9.17, 15) is 8.78 Å². The molecule has 0 saturated heterocycles. The second kappa shape index (κ2) is 18.1. The molecule has 5 heteroatoms. The van der Waals surface area contributed by atoms with Crippen molar-refractivity contribution in [3.05, 3.63) is 264 Å². The molecule has 0 saturated carbocycles. The smallest absolute Gasteiger partial charge is 0.123 e. The Labute approximate surface area is 415 Å². The summed E-state index contributed by atoms with van der Waals surface area (Å²) in [6.45, 7) is 6.90. The van der Waals surface area contributed by atoms with Gasteiger partial charge in [0.25, 0.3) is 0 Å². The van der Waals surface area contributed by atoms with Gasteiger partial charge in [-0.2, -0.15) is 0 Å². The largest absolute Gasteiger partial charge is 0.335 e.